The van der Waals surface area contributed by atoms with Gasteiger partial charge in [-0.25, -0.2) is 0 Å². The standard InChI is InChI=1S/C17H22N2OS/c1-4-13-9-10-21-16(13)17(20)19(12(2)3)11-14-7-5-6-8-15(14)18/h5-10,12H,4,11,18H2,1-3H3. The topological polar surface area (TPSA) is 46.3 Å². The first kappa shape index (κ1) is 15.6. The summed E-state index contributed by atoms with van der Waals surface area (Å²) in [6.07, 6.45) is 0.879. The molecule has 21 heavy (non-hydrogen) atoms. The van der Waals surface area contributed by atoms with Crippen LogP contribution in [0.15, 0.2) is 35.7 Å². The van der Waals surface area contributed by atoms with E-state index >= 15 is 0 Å². The lowest BCUT2D eigenvalue weighted by Gasteiger charge is -2.27. The number of rotatable bonds is 5. The Bertz CT molecular complexity index is 619. The molecule has 1 amide bonds. The van der Waals surface area contributed by atoms with E-state index in [1.807, 2.05) is 54.5 Å². The van der Waals surface area contributed by atoms with Gasteiger partial charge in [0, 0.05) is 18.3 Å². The maximum atomic E-state index is 12.8. The molecule has 112 valence electrons. The summed E-state index contributed by atoms with van der Waals surface area (Å²) in [5, 5.41) is 1.99. The normalized spacial score (nSPS) is 10.9. The highest BCUT2D eigenvalue weighted by atomic mass is 32.1. The molecule has 1 aromatic carbocycles. The predicted octanol–water partition coefficient (Wildman–Crippen LogP) is 3.94. The first-order valence-electron chi connectivity index (χ1n) is 7.25. The van der Waals surface area contributed by atoms with E-state index in [-0.39, 0.29) is 11.9 Å². The number of carbonyl (C=O) groups is 1. The number of aryl methyl sites for hydroxylation is 1. The first-order valence-corrected chi connectivity index (χ1v) is 8.13. The van der Waals surface area contributed by atoms with Gasteiger partial charge in [0.05, 0.1) is 4.88 Å². The van der Waals surface area contributed by atoms with Crippen molar-refractivity contribution in [3.63, 3.8) is 0 Å². The molecular formula is C17H22N2OS. The third-order valence-corrected chi connectivity index (χ3v) is 4.55. The zero-order valence-corrected chi connectivity index (χ0v) is 13.6. The lowest BCUT2D eigenvalue weighted by Crippen LogP contribution is -2.36. The number of nitrogens with two attached hydrogens (primary N) is 1. The summed E-state index contributed by atoms with van der Waals surface area (Å²) in [5.74, 6) is 0.0973. The zero-order chi connectivity index (χ0) is 15.4. The molecule has 0 saturated heterocycles. The highest BCUT2D eigenvalue weighted by molar-refractivity contribution is 7.12. The van der Waals surface area contributed by atoms with Crippen molar-refractivity contribution in [1.29, 1.82) is 0 Å². The summed E-state index contributed by atoms with van der Waals surface area (Å²) >= 11 is 1.52. The van der Waals surface area contributed by atoms with Gasteiger partial charge in [0.2, 0.25) is 0 Å². The fraction of sp³-hybridized carbons (Fsp3) is 0.353. The summed E-state index contributed by atoms with van der Waals surface area (Å²) in [6.45, 7) is 6.70. The van der Waals surface area contributed by atoms with E-state index in [4.69, 9.17) is 5.73 Å². The molecule has 0 bridgehead atoms. The van der Waals surface area contributed by atoms with Crippen molar-refractivity contribution >= 4 is 22.9 Å². The quantitative estimate of drug-likeness (QED) is 0.850. The van der Waals surface area contributed by atoms with Crippen molar-refractivity contribution < 1.29 is 4.79 Å². The van der Waals surface area contributed by atoms with Crippen molar-refractivity contribution in [3.8, 4) is 0 Å². The number of nitrogen functional groups attached to an aromatic ring is 1. The van der Waals surface area contributed by atoms with Crippen LogP contribution in [0, 0.1) is 0 Å². The van der Waals surface area contributed by atoms with E-state index in [9.17, 15) is 4.79 Å². The largest absolute Gasteiger partial charge is 0.398 e. The molecule has 2 rings (SSSR count). The van der Waals surface area contributed by atoms with Gasteiger partial charge in [0.25, 0.3) is 5.91 Å². The molecular weight excluding hydrogens is 280 g/mol. The van der Waals surface area contributed by atoms with E-state index in [0.29, 0.717) is 6.54 Å². The van der Waals surface area contributed by atoms with Crippen LogP contribution in [0.2, 0.25) is 0 Å². The van der Waals surface area contributed by atoms with Gasteiger partial charge in [-0.2, -0.15) is 0 Å². The molecule has 0 aliphatic heterocycles. The summed E-state index contributed by atoms with van der Waals surface area (Å²) < 4.78 is 0. The fourth-order valence-electron chi connectivity index (χ4n) is 2.28. The lowest BCUT2D eigenvalue weighted by atomic mass is 10.1. The molecule has 0 aliphatic carbocycles. The van der Waals surface area contributed by atoms with Crippen LogP contribution in [0.4, 0.5) is 5.69 Å². The second-order valence-electron chi connectivity index (χ2n) is 5.35. The van der Waals surface area contributed by atoms with Crippen LogP contribution in [0.5, 0.6) is 0 Å². The number of benzene rings is 1. The Balaban J connectivity index is 2.27. The van der Waals surface area contributed by atoms with Crippen LogP contribution in [-0.2, 0) is 13.0 Å². The number of amides is 1. The molecule has 0 saturated carbocycles. The molecule has 0 atom stereocenters. The Morgan fingerprint density at radius 2 is 1.95 bits per heavy atom. The van der Waals surface area contributed by atoms with Gasteiger partial charge in [0.15, 0.2) is 0 Å². The van der Waals surface area contributed by atoms with Gasteiger partial charge in [-0.3, -0.25) is 4.79 Å². The SMILES string of the molecule is CCc1ccsc1C(=O)N(Cc1ccccc1N)C(C)C. The monoisotopic (exact) mass is 302 g/mol. The predicted molar refractivity (Wildman–Crippen MR) is 89.6 cm³/mol. The van der Waals surface area contributed by atoms with Crippen molar-refractivity contribution in [2.24, 2.45) is 0 Å². The van der Waals surface area contributed by atoms with E-state index in [2.05, 4.69) is 6.92 Å². The Kier molecular flexibility index (Phi) is 5.02. The maximum absolute atomic E-state index is 12.8. The molecule has 0 aliphatic rings. The fourth-order valence-corrected chi connectivity index (χ4v) is 3.23. The van der Waals surface area contributed by atoms with Gasteiger partial charge in [0.1, 0.15) is 0 Å². The molecule has 1 aromatic heterocycles. The minimum atomic E-state index is 0.0973. The number of anilines is 1. The third kappa shape index (κ3) is 3.45. The number of nitrogens with zero attached hydrogens (tertiary/aromatic N) is 1. The smallest absolute Gasteiger partial charge is 0.264 e. The maximum Gasteiger partial charge on any atom is 0.264 e. The van der Waals surface area contributed by atoms with Gasteiger partial charge in [-0.05, 0) is 48.9 Å². The van der Waals surface area contributed by atoms with E-state index < -0.39 is 0 Å². The van der Waals surface area contributed by atoms with E-state index in [1.54, 1.807) is 0 Å². The number of hydrogen-bond donors (Lipinski definition) is 1. The van der Waals surface area contributed by atoms with Crippen molar-refractivity contribution in [2.45, 2.75) is 39.8 Å². The van der Waals surface area contributed by atoms with E-state index in [0.717, 1.165) is 28.1 Å². The molecule has 0 spiro atoms. The average Bonchev–Trinajstić information content (AvgIpc) is 2.93. The van der Waals surface area contributed by atoms with Gasteiger partial charge < -0.3 is 10.6 Å². The number of thiophene rings is 1. The van der Waals surface area contributed by atoms with Crippen LogP contribution < -0.4 is 5.73 Å². The number of hydrogen-bond acceptors (Lipinski definition) is 3. The third-order valence-electron chi connectivity index (χ3n) is 3.60. The first-order chi connectivity index (χ1) is 10.0. The Hall–Kier alpha value is -1.81. The Morgan fingerprint density at radius 3 is 2.57 bits per heavy atom. The van der Waals surface area contributed by atoms with Crippen LogP contribution in [0.1, 0.15) is 41.6 Å². The molecule has 0 unspecified atom stereocenters. The van der Waals surface area contributed by atoms with Gasteiger partial charge in [-0.1, -0.05) is 25.1 Å². The minimum Gasteiger partial charge on any atom is -0.398 e. The molecule has 1 heterocycles. The summed E-state index contributed by atoms with van der Waals surface area (Å²) in [4.78, 5) is 15.6. The highest BCUT2D eigenvalue weighted by Crippen LogP contribution is 2.23. The van der Waals surface area contributed by atoms with Gasteiger partial charge >= 0.3 is 0 Å². The number of carbonyl (C=O) groups excluding carboxylic acids is 1. The molecule has 2 aromatic rings. The second kappa shape index (κ2) is 6.76. The number of para-hydroxylation sites is 1. The second-order valence-corrected chi connectivity index (χ2v) is 6.27. The molecule has 0 fully saturated rings. The van der Waals surface area contributed by atoms with Gasteiger partial charge in [-0.15, -0.1) is 11.3 Å². The summed E-state index contributed by atoms with van der Waals surface area (Å²) in [6, 6.07) is 9.89. The molecule has 0 radical (unpaired) electrons. The minimum absolute atomic E-state index is 0.0973. The van der Waals surface area contributed by atoms with Crippen LogP contribution in [0.25, 0.3) is 0 Å². The summed E-state index contributed by atoms with van der Waals surface area (Å²) in [7, 11) is 0. The van der Waals surface area contributed by atoms with Crippen molar-refractivity contribution in [2.75, 3.05) is 5.73 Å². The summed E-state index contributed by atoms with van der Waals surface area (Å²) in [5.41, 5.74) is 8.86. The molecule has 4 heteroatoms. The van der Waals surface area contributed by atoms with Crippen LogP contribution in [0.3, 0.4) is 0 Å². The van der Waals surface area contributed by atoms with E-state index in [1.165, 1.54) is 11.3 Å². The highest BCUT2D eigenvalue weighted by Gasteiger charge is 2.22. The van der Waals surface area contributed by atoms with Crippen LogP contribution >= 0.6 is 11.3 Å². The lowest BCUT2D eigenvalue weighted by molar-refractivity contribution is 0.0695. The molecule has 3 nitrogen and oxygen atoms in total. The Labute approximate surface area is 130 Å². The zero-order valence-electron chi connectivity index (χ0n) is 12.8. The van der Waals surface area contributed by atoms with Crippen LogP contribution in [-0.4, -0.2) is 16.8 Å². The van der Waals surface area contributed by atoms with Crippen molar-refractivity contribution in [3.05, 3.63) is 51.7 Å². The molecule has 2 N–H and O–H groups in total. The Morgan fingerprint density at radius 1 is 1.24 bits per heavy atom. The van der Waals surface area contributed by atoms with Crippen molar-refractivity contribution in [1.82, 2.24) is 4.90 Å². The average molecular weight is 302 g/mol.